The maximum absolute atomic E-state index is 11.9. The average Bonchev–Trinajstić information content (AvgIpc) is 2.60. The lowest BCUT2D eigenvalue weighted by molar-refractivity contribution is 0.0333. The minimum Gasteiger partial charge on any atom is -0.447 e. The number of nitrogens with one attached hydrogen (secondary N) is 1. The molecule has 0 atom stereocenters. The van der Waals surface area contributed by atoms with Crippen molar-refractivity contribution in [3.63, 3.8) is 0 Å². The number of anilines is 1. The largest absolute Gasteiger partial charge is 0.447 e. The van der Waals surface area contributed by atoms with E-state index < -0.39 is 15.1 Å². The fourth-order valence-electron chi connectivity index (χ4n) is 2.31. The SMILES string of the molecule is CCOCCOCCOC(=O)Nc1cccc2c(S(=O)(=O)Cl)cccc12. The van der Waals surface area contributed by atoms with Crippen LogP contribution in [0.15, 0.2) is 41.3 Å². The standard InChI is InChI=1S/C17H20ClNO6S/c1-2-23-9-10-24-11-12-25-17(20)19-15-7-3-6-14-13(15)5-4-8-16(14)26(18,21)22/h3-8H,2,9-12H2,1H3,(H,19,20). The number of hydrogen-bond acceptors (Lipinski definition) is 6. The molecule has 142 valence electrons. The van der Waals surface area contributed by atoms with E-state index in [-0.39, 0.29) is 18.1 Å². The first-order valence-corrected chi connectivity index (χ1v) is 10.3. The van der Waals surface area contributed by atoms with Crippen molar-refractivity contribution in [3.05, 3.63) is 36.4 Å². The highest BCUT2D eigenvalue weighted by Crippen LogP contribution is 2.30. The van der Waals surface area contributed by atoms with Crippen LogP contribution in [0, 0.1) is 0 Å². The van der Waals surface area contributed by atoms with Crippen molar-refractivity contribution < 1.29 is 27.4 Å². The van der Waals surface area contributed by atoms with Crippen LogP contribution in [0.3, 0.4) is 0 Å². The van der Waals surface area contributed by atoms with Crippen molar-refractivity contribution in [2.45, 2.75) is 11.8 Å². The van der Waals surface area contributed by atoms with Gasteiger partial charge < -0.3 is 14.2 Å². The molecule has 0 aliphatic carbocycles. The third-order valence-corrected chi connectivity index (χ3v) is 4.80. The molecular formula is C17H20ClNO6S. The van der Waals surface area contributed by atoms with Crippen LogP contribution >= 0.6 is 10.7 Å². The maximum atomic E-state index is 11.9. The summed E-state index contributed by atoms with van der Waals surface area (Å²) in [6, 6.07) is 9.54. The summed E-state index contributed by atoms with van der Waals surface area (Å²) >= 11 is 0. The Balaban J connectivity index is 1.97. The molecule has 0 bridgehead atoms. The first-order chi connectivity index (χ1) is 12.4. The summed E-state index contributed by atoms with van der Waals surface area (Å²) in [6.07, 6.45) is -0.662. The minimum atomic E-state index is -3.90. The van der Waals surface area contributed by atoms with Crippen LogP contribution in [0.25, 0.3) is 10.8 Å². The van der Waals surface area contributed by atoms with Crippen LogP contribution in [0.5, 0.6) is 0 Å². The summed E-state index contributed by atoms with van der Waals surface area (Å²) in [5.41, 5.74) is 0.423. The van der Waals surface area contributed by atoms with Gasteiger partial charge in [-0.2, -0.15) is 0 Å². The summed E-state index contributed by atoms with van der Waals surface area (Å²) in [7, 11) is 1.56. The van der Waals surface area contributed by atoms with Crippen LogP contribution in [0.2, 0.25) is 0 Å². The Hall–Kier alpha value is -1.87. The molecule has 26 heavy (non-hydrogen) atoms. The van der Waals surface area contributed by atoms with Crippen molar-refractivity contribution in [2.24, 2.45) is 0 Å². The molecule has 2 aromatic rings. The van der Waals surface area contributed by atoms with Crippen LogP contribution in [0.1, 0.15) is 6.92 Å². The van der Waals surface area contributed by atoms with E-state index in [0.717, 1.165) is 0 Å². The summed E-state index contributed by atoms with van der Waals surface area (Å²) in [5, 5.41) is 3.55. The van der Waals surface area contributed by atoms with Crippen molar-refractivity contribution in [3.8, 4) is 0 Å². The second-order valence-corrected chi connectivity index (χ2v) is 7.70. The predicted molar refractivity (Wildman–Crippen MR) is 99.3 cm³/mol. The highest BCUT2D eigenvalue weighted by Gasteiger charge is 2.16. The molecular weight excluding hydrogens is 382 g/mol. The molecule has 0 spiro atoms. The number of rotatable bonds is 9. The summed E-state index contributed by atoms with van der Waals surface area (Å²) in [6.45, 7) is 3.78. The predicted octanol–water partition coefficient (Wildman–Crippen LogP) is 3.37. The quantitative estimate of drug-likeness (QED) is 0.511. The van der Waals surface area contributed by atoms with Crippen LogP contribution in [0.4, 0.5) is 10.5 Å². The molecule has 0 aromatic heterocycles. The number of carbonyl (C=O) groups excluding carboxylic acids is 1. The monoisotopic (exact) mass is 401 g/mol. The fourth-order valence-corrected chi connectivity index (χ4v) is 3.39. The van der Waals surface area contributed by atoms with Gasteiger partial charge in [0.2, 0.25) is 0 Å². The van der Waals surface area contributed by atoms with E-state index in [1.54, 1.807) is 30.3 Å². The number of fused-ring (bicyclic) bond motifs is 1. The molecule has 0 saturated heterocycles. The molecule has 7 nitrogen and oxygen atoms in total. The third kappa shape index (κ3) is 5.84. The molecule has 1 amide bonds. The number of amides is 1. The number of hydrogen-bond donors (Lipinski definition) is 1. The van der Waals surface area contributed by atoms with E-state index in [0.29, 0.717) is 36.3 Å². The molecule has 9 heteroatoms. The Morgan fingerprint density at radius 1 is 1.00 bits per heavy atom. The Morgan fingerprint density at radius 2 is 1.65 bits per heavy atom. The van der Waals surface area contributed by atoms with Gasteiger partial charge in [-0.15, -0.1) is 0 Å². The lowest BCUT2D eigenvalue weighted by Gasteiger charge is -2.11. The lowest BCUT2D eigenvalue weighted by Crippen LogP contribution is -2.17. The molecule has 0 unspecified atom stereocenters. The molecule has 0 fully saturated rings. The molecule has 0 heterocycles. The van der Waals surface area contributed by atoms with Gasteiger partial charge in [0, 0.05) is 28.1 Å². The lowest BCUT2D eigenvalue weighted by atomic mass is 10.1. The van der Waals surface area contributed by atoms with Gasteiger partial charge in [-0.3, -0.25) is 5.32 Å². The average molecular weight is 402 g/mol. The Bertz CT molecular complexity index is 855. The van der Waals surface area contributed by atoms with E-state index in [1.807, 2.05) is 6.92 Å². The third-order valence-electron chi connectivity index (χ3n) is 3.42. The van der Waals surface area contributed by atoms with E-state index in [9.17, 15) is 13.2 Å². The van der Waals surface area contributed by atoms with Crippen LogP contribution < -0.4 is 5.32 Å². The van der Waals surface area contributed by atoms with Gasteiger partial charge >= 0.3 is 6.09 Å². The van der Waals surface area contributed by atoms with Gasteiger partial charge in [0.15, 0.2) is 0 Å². The molecule has 0 aliphatic heterocycles. The van der Waals surface area contributed by atoms with Crippen LogP contribution in [-0.2, 0) is 23.3 Å². The zero-order chi connectivity index (χ0) is 19.0. The zero-order valence-corrected chi connectivity index (χ0v) is 15.8. The summed E-state index contributed by atoms with van der Waals surface area (Å²) in [4.78, 5) is 11.9. The maximum Gasteiger partial charge on any atom is 0.411 e. The van der Waals surface area contributed by atoms with E-state index in [2.05, 4.69) is 5.32 Å². The fraction of sp³-hybridized carbons (Fsp3) is 0.353. The smallest absolute Gasteiger partial charge is 0.411 e. The first kappa shape index (κ1) is 20.4. The van der Waals surface area contributed by atoms with Gasteiger partial charge in [0.05, 0.1) is 30.4 Å². The minimum absolute atomic E-state index is 0.0172. The zero-order valence-electron chi connectivity index (χ0n) is 14.2. The molecule has 0 aliphatic rings. The highest BCUT2D eigenvalue weighted by atomic mass is 35.7. The van der Waals surface area contributed by atoms with Crippen molar-refractivity contribution in [1.82, 2.24) is 0 Å². The molecule has 2 aromatic carbocycles. The molecule has 0 saturated carbocycles. The van der Waals surface area contributed by atoms with Crippen LogP contribution in [-0.4, -0.2) is 47.5 Å². The highest BCUT2D eigenvalue weighted by molar-refractivity contribution is 8.14. The summed E-state index contributed by atoms with van der Waals surface area (Å²) in [5.74, 6) is 0. The number of carbonyl (C=O) groups is 1. The van der Waals surface area contributed by atoms with Gasteiger partial charge in [0.25, 0.3) is 9.05 Å². The topological polar surface area (TPSA) is 90.9 Å². The van der Waals surface area contributed by atoms with Crippen molar-refractivity contribution >= 4 is 42.3 Å². The Morgan fingerprint density at radius 3 is 2.38 bits per heavy atom. The molecule has 1 N–H and O–H groups in total. The normalized spacial score (nSPS) is 11.5. The second kappa shape index (κ2) is 9.72. The van der Waals surface area contributed by atoms with Crippen molar-refractivity contribution in [2.75, 3.05) is 38.4 Å². The van der Waals surface area contributed by atoms with E-state index >= 15 is 0 Å². The summed E-state index contributed by atoms with van der Waals surface area (Å²) < 4.78 is 38.8. The number of halogens is 1. The Kier molecular flexibility index (Phi) is 7.65. The first-order valence-electron chi connectivity index (χ1n) is 7.99. The van der Waals surface area contributed by atoms with Gasteiger partial charge in [-0.25, -0.2) is 13.2 Å². The molecule has 2 rings (SSSR count). The van der Waals surface area contributed by atoms with Gasteiger partial charge in [0.1, 0.15) is 6.61 Å². The second-order valence-electron chi connectivity index (χ2n) is 5.16. The number of ether oxygens (including phenoxy) is 3. The van der Waals surface area contributed by atoms with E-state index in [4.69, 9.17) is 24.9 Å². The van der Waals surface area contributed by atoms with Gasteiger partial charge in [-0.05, 0) is 19.1 Å². The Labute approximate surface area is 156 Å². The van der Waals surface area contributed by atoms with Crippen molar-refractivity contribution in [1.29, 1.82) is 0 Å². The van der Waals surface area contributed by atoms with Gasteiger partial charge in [-0.1, -0.05) is 24.3 Å². The van der Waals surface area contributed by atoms with E-state index in [1.165, 1.54) is 6.07 Å². The number of benzene rings is 2. The molecule has 0 radical (unpaired) electrons.